The van der Waals surface area contributed by atoms with Crippen LogP contribution in [0.2, 0.25) is 0 Å². The van der Waals surface area contributed by atoms with Crippen LogP contribution < -0.4 is 14.8 Å². The van der Waals surface area contributed by atoms with E-state index in [9.17, 15) is 14.4 Å². The second kappa shape index (κ2) is 10.7. The van der Waals surface area contributed by atoms with Crippen molar-refractivity contribution in [2.45, 2.75) is 6.92 Å². The highest BCUT2D eigenvalue weighted by Gasteiger charge is 2.36. The average Bonchev–Trinajstić information content (AvgIpc) is 3.08. The molecule has 0 unspecified atom stereocenters. The molecule has 7 nitrogen and oxygen atoms in total. The van der Waals surface area contributed by atoms with Gasteiger partial charge in [-0.2, -0.15) is 0 Å². The molecule has 1 heterocycles. The van der Waals surface area contributed by atoms with Crippen molar-refractivity contribution in [1.82, 2.24) is 4.90 Å². The number of carbonyl (C=O) groups is 3. The molecular formula is C26H22N2O5S. The molecule has 0 atom stereocenters. The van der Waals surface area contributed by atoms with Crippen molar-refractivity contribution in [3.8, 4) is 17.2 Å². The molecule has 0 bridgehead atoms. The maximum absolute atomic E-state index is 12.8. The highest BCUT2D eigenvalue weighted by molar-refractivity contribution is 8.18. The van der Waals surface area contributed by atoms with Gasteiger partial charge < -0.3 is 14.8 Å². The number of rotatable bonds is 8. The summed E-state index contributed by atoms with van der Waals surface area (Å²) in [6.45, 7) is 2.06. The lowest BCUT2D eigenvalue weighted by Crippen LogP contribution is -2.36. The van der Waals surface area contributed by atoms with E-state index in [4.69, 9.17) is 9.47 Å². The number of para-hydroxylation sites is 1. The minimum Gasteiger partial charge on any atom is -0.494 e. The number of anilines is 1. The summed E-state index contributed by atoms with van der Waals surface area (Å²) in [7, 11) is 0. The number of benzene rings is 3. The predicted molar refractivity (Wildman–Crippen MR) is 132 cm³/mol. The summed E-state index contributed by atoms with van der Waals surface area (Å²) in [5.41, 5.74) is 1.25. The van der Waals surface area contributed by atoms with E-state index < -0.39 is 17.1 Å². The number of carbonyl (C=O) groups excluding carboxylic acids is 3. The van der Waals surface area contributed by atoms with Crippen LogP contribution in [0, 0.1) is 0 Å². The molecule has 0 aliphatic carbocycles. The summed E-state index contributed by atoms with van der Waals surface area (Å²) in [4.78, 5) is 38.8. The number of nitrogens with one attached hydrogen (secondary N) is 1. The van der Waals surface area contributed by atoms with Crippen LogP contribution >= 0.6 is 11.8 Å². The molecule has 1 saturated heterocycles. The molecule has 172 valence electrons. The molecule has 4 rings (SSSR count). The second-order valence-electron chi connectivity index (χ2n) is 7.26. The summed E-state index contributed by atoms with van der Waals surface area (Å²) in [5.74, 6) is 1.01. The van der Waals surface area contributed by atoms with Gasteiger partial charge in [0.15, 0.2) is 0 Å². The molecule has 3 aromatic rings. The first-order chi connectivity index (χ1) is 16.5. The normalized spacial score (nSPS) is 14.4. The first-order valence-corrected chi connectivity index (χ1v) is 11.4. The topological polar surface area (TPSA) is 84.9 Å². The summed E-state index contributed by atoms with van der Waals surface area (Å²) in [5, 5.41) is 2.20. The van der Waals surface area contributed by atoms with E-state index in [0.29, 0.717) is 35.1 Å². The van der Waals surface area contributed by atoms with Crippen molar-refractivity contribution in [1.29, 1.82) is 0 Å². The zero-order chi connectivity index (χ0) is 23.9. The Kier molecular flexibility index (Phi) is 7.29. The first kappa shape index (κ1) is 23.1. The zero-order valence-corrected chi connectivity index (χ0v) is 19.2. The van der Waals surface area contributed by atoms with Crippen molar-refractivity contribution >= 4 is 40.6 Å². The van der Waals surface area contributed by atoms with Gasteiger partial charge in [0.25, 0.3) is 11.1 Å². The maximum atomic E-state index is 12.8. The lowest BCUT2D eigenvalue weighted by molar-refractivity contribution is -0.127. The lowest BCUT2D eigenvalue weighted by atomic mass is 10.2. The highest BCUT2D eigenvalue weighted by Crippen LogP contribution is 2.33. The SMILES string of the molecule is CCOc1ccc(NC(=O)CN2C(=O)S/C(=C/c3cccc(Oc4ccccc4)c3)C2=O)cc1. The van der Waals surface area contributed by atoms with Crippen LogP contribution in [0.4, 0.5) is 10.5 Å². The number of nitrogens with zero attached hydrogens (tertiary/aromatic N) is 1. The number of thioether (sulfide) groups is 1. The smallest absolute Gasteiger partial charge is 0.294 e. The molecule has 0 spiro atoms. The van der Waals surface area contributed by atoms with Crippen LogP contribution in [0.15, 0.2) is 83.8 Å². The van der Waals surface area contributed by atoms with E-state index in [2.05, 4.69) is 5.32 Å². The van der Waals surface area contributed by atoms with Gasteiger partial charge >= 0.3 is 0 Å². The molecule has 1 aliphatic heterocycles. The van der Waals surface area contributed by atoms with Gasteiger partial charge in [0.05, 0.1) is 11.5 Å². The Morgan fingerprint density at radius 3 is 2.41 bits per heavy atom. The van der Waals surface area contributed by atoms with Crippen LogP contribution in [0.3, 0.4) is 0 Å². The third-order valence-corrected chi connectivity index (χ3v) is 5.67. The summed E-state index contributed by atoms with van der Waals surface area (Å²) in [6.07, 6.45) is 1.62. The minimum atomic E-state index is -0.508. The number of hydrogen-bond donors (Lipinski definition) is 1. The number of amides is 3. The van der Waals surface area contributed by atoms with Gasteiger partial charge in [0.1, 0.15) is 23.8 Å². The highest BCUT2D eigenvalue weighted by atomic mass is 32.2. The molecule has 0 saturated carbocycles. The molecule has 1 aliphatic rings. The van der Waals surface area contributed by atoms with E-state index >= 15 is 0 Å². The molecule has 0 aromatic heterocycles. The fourth-order valence-electron chi connectivity index (χ4n) is 3.23. The van der Waals surface area contributed by atoms with E-state index in [1.807, 2.05) is 43.3 Å². The van der Waals surface area contributed by atoms with Crippen molar-refractivity contribution in [2.75, 3.05) is 18.5 Å². The molecule has 0 radical (unpaired) electrons. The Hall–Kier alpha value is -4.04. The van der Waals surface area contributed by atoms with Crippen molar-refractivity contribution in [3.05, 3.63) is 89.3 Å². The molecule has 34 heavy (non-hydrogen) atoms. The van der Waals surface area contributed by atoms with Gasteiger partial charge in [0.2, 0.25) is 5.91 Å². The number of imide groups is 1. The van der Waals surface area contributed by atoms with Crippen LogP contribution in [0.25, 0.3) is 6.08 Å². The standard InChI is InChI=1S/C26H22N2O5S/c1-2-32-20-13-11-19(12-14-20)27-24(29)17-28-25(30)23(34-26(28)31)16-18-7-6-10-22(15-18)33-21-8-4-3-5-9-21/h3-16H,2,17H2,1H3,(H,27,29)/b23-16+. The number of hydrogen-bond acceptors (Lipinski definition) is 6. The molecule has 3 amide bonds. The van der Waals surface area contributed by atoms with Crippen LogP contribution in [-0.2, 0) is 9.59 Å². The third kappa shape index (κ3) is 5.85. The van der Waals surface area contributed by atoms with Crippen molar-refractivity contribution < 1.29 is 23.9 Å². The third-order valence-electron chi connectivity index (χ3n) is 4.76. The van der Waals surface area contributed by atoms with Crippen LogP contribution in [0.1, 0.15) is 12.5 Å². The van der Waals surface area contributed by atoms with Crippen molar-refractivity contribution in [3.63, 3.8) is 0 Å². The number of ether oxygens (including phenoxy) is 2. The largest absolute Gasteiger partial charge is 0.494 e. The van der Waals surface area contributed by atoms with Gasteiger partial charge in [-0.3, -0.25) is 19.3 Å². The lowest BCUT2D eigenvalue weighted by Gasteiger charge is -2.12. The van der Waals surface area contributed by atoms with E-state index in [0.717, 1.165) is 16.7 Å². The Morgan fingerprint density at radius 1 is 0.941 bits per heavy atom. The maximum Gasteiger partial charge on any atom is 0.294 e. The fraction of sp³-hybridized carbons (Fsp3) is 0.115. The van der Waals surface area contributed by atoms with Crippen molar-refractivity contribution in [2.24, 2.45) is 0 Å². The van der Waals surface area contributed by atoms with Gasteiger partial charge in [-0.15, -0.1) is 0 Å². The van der Waals surface area contributed by atoms with Crippen LogP contribution in [0.5, 0.6) is 17.2 Å². The van der Waals surface area contributed by atoms with E-state index in [1.54, 1.807) is 48.5 Å². The molecular weight excluding hydrogens is 452 g/mol. The zero-order valence-electron chi connectivity index (χ0n) is 18.4. The Labute approximate surface area is 201 Å². The van der Waals surface area contributed by atoms with Gasteiger partial charge in [-0.25, -0.2) is 0 Å². The van der Waals surface area contributed by atoms with E-state index in [-0.39, 0.29) is 11.4 Å². The summed E-state index contributed by atoms with van der Waals surface area (Å²) in [6, 6.07) is 23.4. The quantitative estimate of drug-likeness (QED) is 0.431. The molecule has 1 N–H and O–H groups in total. The molecule has 1 fully saturated rings. The predicted octanol–water partition coefficient (Wildman–Crippen LogP) is 5.55. The Bertz CT molecular complexity index is 1230. The fourth-order valence-corrected chi connectivity index (χ4v) is 4.06. The Morgan fingerprint density at radius 2 is 1.68 bits per heavy atom. The van der Waals surface area contributed by atoms with Gasteiger partial charge in [-0.05, 0) is 78.9 Å². The minimum absolute atomic E-state index is 0.246. The first-order valence-electron chi connectivity index (χ1n) is 10.6. The average molecular weight is 475 g/mol. The second-order valence-corrected chi connectivity index (χ2v) is 8.25. The monoisotopic (exact) mass is 474 g/mol. The van der Waals surface area contributed by atoms with Gasteiger partial charge in [-0.1, -0.05) is 30.3 Å². The van der Waals surface area contributed by atoms with Crippen LogP contribution in [-0.4, -0.2) is 35.1 Å². The Balaban J connectivity index is 1.40. The summed E-state index contributed by atoms with van der Waals surface area (Å²) >= 11 is 0.803. The molecule has 3 aromatic carbocycles. The molecule has 8 heteroatoms. The summed E-state index contributed by atoms with van der Waals surface area (Å²) < 4.78 is 11.2. The van der Waals surface area contributed by atoms with Gasteiger partial charge in [0, 0.05) is 5.69 Å². The van der Waals surface area contributed by atoms with E-state index in [1.165, 1.54) is 0 Å².